The molecule has 0 radical (unpaired) electrons. The lowest BCUT2D eigenvalue weighted by molar-refractivity contribution is 0.0948. The number of amides is 1. The largest absolute Gasteiger partial charge is 0.437 e. The van der Waals surface area contributed by atoms with E-state index in [1.807, 2.05) is 32.7 Å². The summed E-state index contributed by atoms with van der Waals surface area (Å²) in [6, 6.07) is 0. The number of pyridine rings is 1. The molecule has 18 heavy (non-hydrogen) atoms. The van der Waals surface area contributed by atoms with Crippen LogP contribution in [0.2, 0.25) is 0 Å². The number of nitrogens with zero attached hydrogens (tertiary/aromatic N) is 2. The number of anilines is 1. The Morgan fingerprint density at radius 2 is 2.17 bits per heavy atom. The van der Waals surface area contributed by atoms with E-state index in [0.29, 0.717) is 23.9 Å². The highest BCUT2D eigenvalue weighted by molar-refractivity contribution is 5.98. The number of hydrogen-bond acceptors (Lipinski definition) is 4. The Morgan fingerprint density at radius 3 is 2.78 bits per heavy atom. The minimum atomic E-state index is -0.222. The third-order valence-corrected chi connectivity index (χ3v) is 3.09. The summed E-state index contributed by atoms with van der Waals surface area (Å²) in [7, 11) is 1.86. The van der Waals surface area contributed by atoms with Crippen molar-refractivity contribution in [2.24, 2.45) is 0 Å². The molecule has 1 aliphatic heterocycles. The van der Waals surface area contributed by atoms with Crippen LogP contribution in [0, 0.1) is 13.8 Å². The zero-order valence-corrected chi connectivity index (χ0v) is 11.1. The fourth-order valence-electron chi connectivity index (χ4n) is 1.97. The van der Waals surface area contributed by atoms with Gasteiger partial charge in [-0.05, 0) is 32.9 Å². The van der Waals surface area contributed by atoms with Gasteiger partial charge in [-0.25, -0.2) is 4.98 Å². The van der Waals surface area contributed by atoms with E-state index in [0.717, 1.165) is 16.9 Å². The predicted molar refractivity (Wildman–Crippen MR) is 69.9 cm³/mol. The van der Waals surface area contributed by atoms with Gasteiger partial charge < -0.3 is 15.0 Å². The zero-order valence-electron chi connectivity index (χ0n) is 11.1. The van der Waals surface area contributed by atoms with E-state index in [2.05, 4.69) is 16.9 Å². The van der Waals surface area contributed by atoms with Crippen molar-refractivity contribution in [1.29, 1.82) is 0 Å². The molecule has 0 atom stereocenters. The Balaban J connectivity index is 2.61. The first-order chi connectivity index (χ1) is 8.47. The lowest BCUT2D eigenvalue weighted by Gasteiger charge is -2.14. The molecule has 1 N–H and O–H groups in total. The van der Waals surface area contributed by atoms with Gasteiger partial charge in [0.1, 0.15) is 0 Å². The lowest BCUT2D eigenvalue weighted by Crippen LogP contribution is -2.24. The second kappa shape index (κ2) is 4.33. The van der Waals surface area contributed by atoms with Gasteiger partial charge in [-0.3, -0.25) is 4.79 Å². The lowest BCUT2D eigenvalue weighted by atomic mass is 10.1. The smallest absolute Gasteiger partial charge is 0.273 e. The highest BCUT2D eigenvalue weighted by atomic mass is 16.5. The summed E-state index contributed by atoms with van der Waals surface area (Å²) in [5, 5.41) is 2.74. The topological polar surface area (TPSA) is 54.5 Å². The second-order valence-electron chi connectivity index (χ2n) is 4.26. The van der Waals surface area contributed by atoms with Crippen LogP contribution in [-0.4, -0.2) is 24.5 Å². The van der Waals surface area contributed by atoms with Crippen molar-refractivity contribution in [2.75, 3.05) is 18.5 Å². The molecule has 2 heterocycles. The van der Waals surface area contributed by atoms with Gasteiger partial charge in [0.25, 0.3) is 5.91 Å². The van der Waals surface area contributed by atoms with Crippen LogP contribution in [0.5, 0.6) is 5.75 Å². The molecule has 5 heteroatoms. The molecular formula is C13H17N3O2. The molecule has 1 amide bonds. The maximum Gasteiger partial charge on any atom is 0.273 e. The van der Waals surface area contributed by atoms with Crippen LogP contribution in [0.1, 0.15) is 28.7 Å². The van der Waals surface area contributed by atoms with E-state index in [1.165, 1.54) is 0 Å². The minimum Gasteiger partial charge on any atom is -0.437 e. The van der Waals surface area contributed by atoms with Crippen LogP contribution in [0.3, 0.4) is 0 Å². The molecule has 0 aromatic carbocycles. The number of ether oxygens (including phenoxy) is 1. The molecule has 2 rings (SSSR count). The standard InChI is InChI=1S/C13H17N3O2/c1-6-14-13(17)10-12-11(7(2)8(3)15-10)16(5)9(4)18-12/h4,6H2,1-3,5H3,(H,14,17). The summed E-state index contributed by atoms with van der Waals surface area (Å²) in [6.45, 7) is 10.1. The number of nitrogens with one attached hydrogen (secondary N) is 1. The van der Waals surface area contributed by atoms with Gasteiger partial charge in [-0.15, -0.1) is 0 Å². The van der Waals surface area contributed by atoms with Crippen molar-refractivity contribution in [1.82, 2.24) is 10.3 Å². The molecule has 0 fully saturated rings. The summed E-state index contributed by atoms with van der Waals surface area (Å²) < 4.78 is 5.56. The monoisotopic (exact) mass is 247 g/mol. The fraction of sp³-hybridized carbons (Fsp3) is 0.385. The highest BCUT2D eigenvalue weighted by Gasteiger charge is 2.31. The summed E-state index contributed by atoms with van der Waals surface area (Å²) in [4.78, 5) is 18.1. The van der Waals surface area contributed by atoms with Crippen LogP contribution in [0.15, 0.2) is 12.5 Å². The number of fused-ring (bicyclic) bond motifs is 1. The summed E-state index contributed by atoms with van der Waals surface area (Å²) in [5.74, 6) is 0.780. The SMILES string of the molecule is C=C1Oc2c(C(=O)NCC)nc(C)c(C)c2N1C. The zero-order chi connectivity index (χ0) is 13.4. The molecule has 1 aliphatic rings. The van der Waals surface area contributed by atoms with Crippen molar-refractivity contribution >= 4 is 11.6 Å². The quantitative estimate of drug-likeness (QED) is 0.865. The highest BCUT2D eigenvalue weighted by Crippen LogP contribution is 2.42. The first-order valence-corrected chi connectivity index (χ1v) is 5.87. The maximum absolute atomic E-state index is 12.0. The summed E-state index contributed by atoms with van der Waals surface area (Å²) in [5.41, 5.74) is 3.01. The normalized spacial score (nSPS) is 13.3. The van der Waals surface area contributed by atoms with Crippen molar-refractivity contribution in [3.05, 3.63) is 29.4 Å². The Labute approximate surface area is 106 Å². The molecule has 1 aromatic rings. The molecule has 0 unspecified atom stereocenters. The van der Waals surface area contributed by atoms with Gasteiger partial charge in [-0.2, -0.15) is 0 Å². The molecule has 0 saturated heterocycles. The van der Waals surface area contributed by atoms with Gasteiger partial charge >= 0.3 is 0 Å². The van der Waals surface area contributed by atoms with Gasteiger partial charge in [0, 0.05) is 19.3 Å². The van der Waals surface area contributed by atoms with E-state index in [9.17, 15) is 4.79 Å². The van der Waals surface area contributed by atoms with Crippen molar-refractivity contribution < 1.29 is 9.53 Å². The van der Waals surface area contributed by atoms with Gasteiger partial charge in [0.15, 0.2) is 17.3 Å². The number of carbonyl (C=O) groups excluding carboxylic acids is 1. The van der Waals surface area contributed by atoms with E-state index in [-0.39, 0.29) is 5.91 Å². The average molecular weight is 247 g/mol. The second-order valence-corrected chi connectivity index (χ2v) is 4.26. The number of aryl methyl sites for hydroxylation is 1. The number of aromatic nitrogens is 1. The first-order valence-electron chi connectivity index (χ1n) is 5.87. The van der Waals surface area contributed by atoms with E-state index < -0.39 is 0 Å². The molecule has 5 nitrogen and oxygen atoms in total. The molecule has 0 saturated carbocycles. The van der Waals surface area contributed by atoms with Gasteiger partial charge in [0.05, 0.1) is 5.69 Å². The third kappa shape index (κ3) is 1.72. The average Bonchev–Trinajstić information content (AvgIpc) is 2.61. The summed E-state index contributed by atoms with van der Waals surface area (Å²) in [6.07, 6.45) is 0. The Bertz CT molecular complexity index is 538. The molecule has 0 bridgehead atoms. The van der Waals surface area contributed by atoms with E-state index >= 15 is 0 Å². The van der Waals surface area contributed by atoms with Gasteiger partial charge in [0.2, 0.25) is 0 Å². The van der Waals surface area contributed by atoms with E-state index in [4.69, 9.17) is 4.74 Å². The predicted octanol–water partition coefficient (Wildman–Crippen LogP) is 1.75. The van der Waals surface area contributed by atoms with Crippen molar-refractivity contribution in [2.45, 2.75) is 20.8 Å². The van der Waals surface area contributed by atoms with Crippen LogP contribution in [0.4, 0.5) is 5.69 Å². The van der Waals surface area contributed by atoms with Gasteiger partial charge in [-0.1, -0.05) is 0 Å². The van der Waals surface area contributed by atoms with Crippen molar-refractivity contribution in [3.8, 4) is 5.75 Å². The molecule has 1 aromatic heterocycles. The fourth-order valence-corrected chi connectivity index (χ4v) is 1.97. The van der Waals surface area contributed by atoms with Crippen LogP contribution >= 0.6 is 0 Å². The van der Waals surface area contributed by atoms with Crippen molar-refractivity contribution in [3.63, 3.8) is 0 Å². The summed E-state index contributed by atoms with van der Waals surface area (Å²) >= 11 is 0. The number of carbonyl (C=O) groups is 1. The molecular weight excluding hydrogens is 230 g/mol. The van der Waals surface area contributed by atoms with Crippen LogP contribution in [-0.2, 0) is 0 Å². The minimum absolute atomic E-state index is 0.222. The van der Waals surface area contributed by atoms with E-state index in [1.54, 1.807) is 0 Å². The maximum atomic E-state index is 12.0. The Morgan fingerprint density at radius 1 is 1.50 bits per heavy atom. The third-order valence-electron chi connectivity index (χ3n) is 3.09. The van der Waals surface area contributed by atoms with Crippen LogP contribution in [0.25, 0.3) is 0 Å². The molecule has 0 spiro atoms. The Hall–Kier alpha value is -2.04. The molecule has 0 aliphatic carbocycles. The number of rotatable bonds is 2. The molecule has 96 valence electrons. The van der Waals surface area contributed by atoms with Crippen LogP contribution < -0.4 is 15.0 Å². The Kier molecular flexibility index (Phi) is 2.98. The number of hydrogen-bond donors (Lipinski definition) is 1. The first kappa shape index (κ1) is 12.4.